The molecule has 0 fully saturated rings. The van der Waals surface area contributed by atoms with E-state index in [0.29, 0.717) is 0 Å². The van der Waals surface area contributed by atoms with Gasteiger partial charge < -0.3 is 0 Å². The number of unbranched alkanes of at least 4 members (excludes halogenated alkanes) is 2. The van der Waals surface area contributed by atoms with Crippen molar-refractivity contribution in [1.29, 1.82) is 0 Å². The Bertz CT molecular complexity index is 855. The topological polar surface area (TPSA) is 0 Å². The second-order valence-electron chi connectivity index (χ2n) is 7.57. The molecule has 0 N–H and O–H groups in total. The fourth-order valence-corrected chi connectivity index (χ4v) is 3.83. The fraction of sp³-hybridized carbons (Fsp3) is 0.333. The molecule has 0 atom stereocenters. The summed E-state index contributed by atoms with van der Waals surface area (Å²) in [5.41, 5.74) is 9.82. The maximum absolute atomic E-state index is 2.32. The third-order valence-electron chi connectivity index (χ3n) is 5.40. The summed E-state index contributed by atoms with van der Waals surface area (Å²) in [5, 5.41) is 0. The van der Waals surface area contributed by atoms with Crippen LogP contribution in [0.4, 0.5) is 0 Å². The third-order valence-corrected chi connectivity index (χ3v) is 5.40. The Hall–Kier alpha value is -2.34. The van der Waals surface area contributed by atoms with E-state index in [1.54, 1.807) is 0 Å². The van der Waals surface area contributed by atoms with E-state index in [4.69, 9.17) is 0 Å². The van der Waals surface area contributed by atoms with Crippen LogP contribution in [0.1, 0.15) is 56.2 Å². The molecule has 0 aromatic heterocycles. The summed E-state index contributed by atoms with van der Waals surface area (Å²) >= 11 is 0. The van der Waals surface area contributed by atoms with Gasteiger partial charge in [-0.1, -0.05) is 99.0 Å². The molecule has 0 spiro atoms. The summed E-state index contributed by atoms with van der Waals surface area (Å²) in [7, 11) is 0. The van der Waals surface area contributed by atoms with E-state index in [0.717, 1.165) is 12.8 Å². The van der Waals surface area contributed by atoms with Crippen LogP contribution in [-0.4, -0.2) is 0 Å². The molecule has 0 saturated heterocycles. The van der Waals surface area contributed by atoms with Crippen LogP contribution >= 0.6 is 0 Å². The highest BCUT2D eigenvalue weighted by Gasteiger charge is 2.14. The van der Waals surface area contributed by atoms with Crippen molar-refractivity contribution in [3.05, 3.63) is 83.4 Å². The zero-order valence-corrected chi connectivity index (χ0v) is 17.1. The lowest BCUT2D eigenvalue weighted by Crippen LogP contribution is -1.97. The number of hydrogen-bond acceptors (Lipinski definition) is 0. The van der Waals surface area contributed by atoms with Gasteiger partial charge in [0.2, 0.25) is 0 Å². The maximum Gasteiger partial charge on any atom is -0.00732 e. The summed E-state index contributed by atoms with van der Waals surface area (Å²) in [6.45, 7) is 6.70. The van der Waals surface area contributed by atoms with Crippen molar-refractivity contribution in [2.24, 2.45) is 0 Å². The van der Waals surface area contributed by atoms with E-state index >= 15 is 0 Å². The Kier molecular flexibility index (Phi) is 6.87. The lowest BCUT2D eigenvalue weighted by molar-refractivity contribution is 0.794. The molecule has 0 amide bonds. The average Bonchev–Trinajstić information content (AvgIpc) is 2.71. The van der Waals surface area contributed by atoms with E-state index in [1.165, 1.54) is 64.6 Å². The van der Waals surface area contributed by atoms with Gasteiger partial charge in [0.15, 0.2) is 0 Å². The number of hydrogen-bond donors (Lipinski definition) is 0. The normalized spacial score (nSPS) is 10.9. The van der Waals surface area contributed by atoms with Crippen molar-refractivity contribution >= 4 is 0 Å². The minimum absolute atomic E-state index is 1.14. The third kappa shape index (κ3) is 4.69. The predicted octanol–water partition coefficient (Wildman–Crippen LogP) is 8.01. The van der Waals surface area contributed by atoms with E-state index in [2.05, 4.69) is 87.5 Å². The average molecular weight is 357 g/mol. The Labute approximate surface area is 165 Å². The summed E-state index contributed by atoms with van der Waals surface area (Å²) in [5.74, 6) is 0. The molecule has 0 aliphatic rings. The fourth-order valence-electron chi connectivity index (χ4n) is 3.83. The smallest absolute Gasteiger partial charge is 0.00732 e. The first-order valence-corrected chi connectivity index (χ1v) is 10.5. The first kappa shape index (κ1) is 19.4. The molecule has 140 valence electrons. The maximum atomic E-state index is 2.32. The van der Waals surface area contributed by atoms with Gasteiger partial charge >= 0.3 is 0 Å². The lowest BCUT2D eigenvalue weighted by Gasteiger charge is -2.18. The van der Waals surface area contributed by atoms with Gasteiger partial charge in [0.25, 0.3) is 0 Å². The highest BCUT2D eigenvalue weighted by atomic mass is 14.2. The monoisotopic (exact) mass is 356 g/mol. The minimum atomic E-state index is 1.14. The molecule has 0 saturated carbocycles. The summed E-state index contributed by atoms with van der Waals surface area (Å²) in [6, 6.07) is 24.9. The molecular formula is C27H32. The number of benzene rings is 3. The van der Waals surface area contributed by atoms with Crippen LogP contribution in [0.15, 0.2) is 66.7 Å². The van der Waals surface area contributed by atoms with Gasteiger partial charge in [0.05, 0.1) is 0 Å². The Balaban J connectivity index is 2.17. The second-order valence-corrected chi connectivity index (χ2v) is 7.57. The standard InChI is InChI=1S/C27H32/c1-4-6-11-22-13-8-9-15-25(22)26-16-10-14-23(12-7-5-2)27(26)24-19-17-21(3)18-20-24/h8-10,13-20H,4-7,11-12H2,1-3H3. The molecule has 3 aromatic carbocycles. The van der Waals surface area contributed by atoms with Crippen LogP contribution in [0.25, 0.3) is 22.3 Å². The van der Waals surface area contributed by atoms with Crippen molar-refractivity contribution in [3.63, 3.8) is 0 Å². The van der Waals surface area contributed by atoms with Crippen LogP contribution in [0.2, 0.25) is 0 Å². The zero-order chi connectivity index (χ0) is 19.1. The van der Waals surface area contributed by atoms with Crippen LogP contribution < -0.4 is 0 Å². The first-order chi connectivity index (χ1) is 13.2. The van der Waals surface area contributed by atoms with Gasteiger partial charge in [0.1, 0.15) is 0 Å². The molecule has 0 heteroatoms. The van der Waals surface area contributed by atoms with Crippen LogP contribution in [0.5, 0.6) is 0 Å². The molecule has 3 rings (SSSR count). The van der Waals surface area contributed by atoms with Gasteiger partial charge in [-0.25, -0.2) is 0 Å². The Morgan fingerprint density at radius 2 is 1.19 bits per heavy atom. The van der Waals surface area contributed by atoms with E-state index in [-0.39, 0.29) is 0 Å². The molecule has 0 aliphatic heterocycles. The molecule has 0 heterocycles. The number of rotatable bonds is 8. The van der Waals surface area contributed by atoms with Crippen molar-refractivity contribution in [2.45, 2.75) is 59.3 Å². The van der Waals surface area contributed by atoms with E-state index in [9.17, 15) is 0 Å². The lowest BCUT2D eigenvalue weighted by atomic mass is 9.86. The van der Waals surface area contributed by atoms with Crippen LogP contribution in [0.3, 0.4) is 0 Å². The molecule has 0 bridgehead atoms. The summed E-state index contributed by atoms with van der Waals surface area (Å²) in [4.78, 5) is 0. The quantitative estimate of drug-likeness (QED) is 0.383. The largest absolute Gasteiger partial charge is 0.0654 e. The molecule has 27 heavy (non-hydrogen) atoms. The highest BCUT2D eigenvalue weighted by molar-refractivity contribution is 5.87. The van der Waals surface area contributed by atoms with Crippen LogP contribution in [-0.2, 0) is 12.8 Å². The molecule has 0 radical (unpaired) electrons. The molecule has 0 nitrogen and oxygen atoms in total. The highest BCUT2D eigenvalue weighted by Crippen LogP contribution is 2.37. The zero-order valence-electron chi connectivity index (χ0n) is 17.1. The SMILES string of the molecule is CCCCc1ccccc1-c1cccc(CCCC)c1-c1ccc(C)cc1. The van der Waals surface area contributed by atoms with Gasteiger partial charge in [-0.2, -0.15) is 0 Å². The predicted molar refractivity (Wildman–Crippen MR) is 119 cm³/mol. The van der Waals surface area contributed by atoms with Gasteiger partial charge in [-0.05, 0) is 66.0 Å². The van der Waals surface area contributed by atoms with Crippen molar-refractivity contribution < 1.29 is 0 Å². The van der Waals surface area contributed by atoms with Crippen LogP contribution in [0, 0.1) is 6.92 Å². The van der Waals surface area contributed by atoms with Crippen molar-refractivity contribution in [1.82, 2.24) is 0 Å². The second kappa shape index (κ2) is 9.55. The molecular weight excluding hydrogens is 324 g/mol. The van der Waals surface area contributed by atoms with E-state index < -0.39 is 0 Å². The Morgan fingerprint density at radius 3 is 1.89 bits per heavy atom. The number of aryl methyl sites for hydroxylation is 3. The summed E-state index contributed by atoms with van der Waals surface area (Å²) < 4.78 is 0. The van der Waals surface area contributed by atoms with Gasteiger partial charge in [-0.15, -0.1) is 0 Å². The molecule has 0 unspecified atom stereocenters. The first-order valence-electron chi connectivity index (χ1n) is 10.5. The Morgan fingerprint density at radius 1 is 0.593 bits per heavy atom. The van der Waals surface area contributed by atoms with Gasteiger partial charge in [-0.3, -0.25) is 0 Å². The molecule has 3 aromatic rings. The van der Waals surface area contributed by atoms with E-state index in [1.807, 2.05) is 0 Å². The van der Waals surface area contributed by atoms with Crippen molar-refractivity contribution in [2.75, 3.05) is 0 Å². The molecule has 0 aliphatic carbocycles. The summed E-state index contributed by atoms with van der Waals surface area (Å²) in [6.07, 6.45) is 7.23. The van der Waals surface area contributed by atoms with Gasteiger partial charge in [0, 0.05) is 0 Å². The minimum Gasteiger partial charge on any atom is -0.0654 e. The van der Waals surface area contributed by atoms with Crippen molar-refractivity contribution in [3.8, 4) is 22.3 Å².